The third-order valence-electron chi connectivity index (χ3n) is 3.10. The molecule has 0 saturated heterocycles. The fraction of sp³-hybridized carbons (Fsp3) is 0.222. The topological polar surface area (TPSA) is 21.7 Å². The van der Waals surface area contributed by atoms with Gasteiger partial charge in [0.1, 0.15) is 0 Å². The summed E-state index contributed by atoms with van der Waals surface area (Å²) in [6, 6.07) is 16.6. The quantitative estimate of drug-likeness (QED) is 0.281. The molecule has 0 atom stereocenters. The summed E-state index contributed by atoms with van der Waals surface area (Å²) in [4.78, 5) is 7.78. The number of rotatable bonds is 7. The summed E-state index contributed by atoms with van der Waals surface area (Å²) < 4.78 is 5.96. The van der Waals surface area contributed by atoms with Gasteiger partial charge in [-0.1, -0.05) is 40.2 Å². The van der Waals surface area contributed by atoms with Crippen molar-refractivity contribution in [2.75, 3.05) is 27.7 Å². The van der Waals surface area contributed by atoms with Crippen LogP contribution < -0.4 is 0 Å². The summed E-state index contributed by atoms with van der Waals surface area (Å²) >= 11 is 4.73. The van der Waals surface area contributed by atoms with Crippen LogP contribution in [0.3, 0.4) is 0 Å². The average molecular weight is 394 g/mol. The molecule has 23 heavy (non-hydrogen) atoms. The molecule has 0 N–H and O–H groups in total. The number of hydrogen-bond acceptors (Lipinski definition) is 4. The van der Waals surface area contributed by atoms with Crippen LogP contribution in [0, 0.1) is 0 Å². The van der Waals surface area contributed by atoms with Crippen molar-refractivity contribution in [1.82, 2.24) is 4.90 Å². The molecule has 5 heteroatoms. The van der Waals surface area contributed by atoms with Gasteiger partial charge >= 0.3 is 0 Å². The fourth-order valence-electron chi connectivity index (χ4n) is 2.16. The van der Waals surface area contributed by atoms with Gasteiger partial charge < -0.3 is 4.90 Å². The minimum Gasteiger partial charge on any atom is -0.305 e. The molecule has 0 amide bonds. The molecule has 0 fully saturated rings. The van der Waals surface area contributed by atoms with Crippen LogP contribution in [0.4, 0.5) is 0 Å². The lowest BCUT2D eigenvalue weighted by atomic mass is 10.0. The first-order valence-corrected chi connectivity index (χ1v) is 8.70. The lowest BCUT2D eigenvalue weighted by Gasteiger charge is -2.14. The van der Waals surface area contributed by atoms with Crippen molar-refractivity contribution in [3.63, 3.8) is 0 Å². The molecular formula is C18H20BrNO2S. The molecule has 0 aromatic heterocycles. The molecule has 3 nitrogen and oxygen atoms in total. The maximum atomic E-state index is 4.88. The van der Waals surface area contributed by atoms with E-state index in [-0.39, 0.29) is 0 Å². The van der Waals surface area contributed by atoms with E-state index >= 15 is 0 Å². The molecule has 122 valence electrons. The predicted molar refractivity (Wildman–Crippen MR) is 101 cm³/mol. The standard InChI is InChI=1S/C18H20BrNO2S/c1-20(2)13-16(11-14-5-4-6-17(19)12-14)15-7-9-18(10-8-15)23-22-21-3/h4-12H,13H2,1-3H3. The van der Waals surface area contributed by atoms with Gasteiger partial charge in [0.25, 0.3) is 0 Å². The molecule has 0 aliphatic rings. The summed E-state index contributed by atoms with van der Waals surface area (Å²) in [5.74, 6) is 0. The normalized spacial score (nSPS) is 12.0. The summed E-state index contributed by atoms with van der Waals surface area (Å²) in [6.07, 6.45) is 2.22. The zero-order valence-corrected chi connectivity index (χ0v) is 15.9. The first-order valence-electron chi connectivity index (χ1n) is 7.17. The van der Waals surface area contributed by atoms with Crippen LogP contribution in [0.25, 0.3) is 11.6 Å². The summed E-state index contributed by atoms with van der Waals surface area (Å²) in [6.45, 7) is 0.869. The summed E-state index contributed by atoms with van der Waals surface area (Å²) in [5, 5.41) is 0. The Kier molecular flexibility index (Phi) is 7.33. The van der Waals surface area contributed by atoms with Gasteiger partial charge in [-0.3, -0.25) is 0 Å². The molecule has 0 saturated carbocycles. The van der Waals surface area contributed by atoms with Crippen LogP contribution >= 0.6 is 28.0 Å². The first kappa shape index (κ1) is 18.2. The highest BCUT2D eigenvalue weighted by atomic mass is 79.9. The van der Waals surface area contributed by atoms with E-state index in [0.29, 0.717) is 0 Å². The molecule has 0 unspecified atom stereocenters. The molecule has 0 aliphatic carbocycles. The van der Waals surface area contributed by atoms with Crippen LogP contribution in [0.15, 0.2) is 57.9 Å². The van der Waals surface area contributed by atoms with Crippen molar-refractivity contribution in [3.05, 3.63) is 64.1 Å². The molecule has 0 spiro atoms. The maximum absolute atomic E-state index is 4.88. The van der Waals surface area contributed by atoms with Crippen molar-refractivity contribution in [2.45, 2.75) is 4.90 Å². The second-order valence-corrected chi connectivity index (χ2v) is 6.99. The SMILES string of the molecule is COOSc1ccc(C(=Cc2cccc(Br)c2)CN(C)C)cc1. The Morgan fingerprint density at radius 3 is 2.52 bits per heavy atom. The second kappa shape index (κ2) is 9.25. The maximum Gasteiger partial charge on any atom is 0.0725 e. The number of likely N-dealkylation sites (N-methyl/N-ethyl adjacent to an activating group) is 1. The van der Waals surface area contributed by atoms with E-state index in [1.54, 1.807) is 0 Å². The van der Waals surface area contributed by atoms with E-state index in [1.165, 1.54) is 35.9 Å². The molecule has 2 aromatic rings. The minimum atomic E-state index is 0.869. The average Bonchev–Trinajstić information content (AvgIpc) is 2.52. The third kappa shape index (κ3) is 6.12. The Hall–Kier alpha value is -1.11. The zero-order valence-electron chi connectivity index (χ0n) is 13.5. The van der Waals surface area contributed by atoms with Gasteiger partial charge in [-0.05, 0) is 61.1 Å². The smallest absolute Gasteiger partial charge is 0.0725 e. The van der Waals surface area contributed by atoms with E-state index in [1.807, 2.05) is 24.3 Å². The van der Waals surface area contributed by atoms with Crippen LogP contribution in [0.5, 0.6) is 0 Å². The van der Waals surface area contributed by atoms with Crippen molar-refractivity contribution >= 4 is 39.6 Å². The molecule has 2 aromatic carbocycles. The number of nitrogens with zero attached hydrogens (tertiary/aromatic N) is 1. The highest BCUT2D eigenvalue weighted by Gasteiger charge is 2.05. The molecule has 0 aliphatic heterocycles. The lowest BCUT2D eigenvalue weighted by molar-refractivity contribution is -0.160. The first-order chi connectivity index (χ1) is 11.1. The predicted octanol–water partition coefficient (Wildman–Crippen LogP) is 5.14. The third-order valence-corrected chi connectivity index (χ3v) is 4.26. The van der Waals surface area contributed by atoms with Crippen LogP contribution in [0.2, 0.25) is 0 Å². The van der Waals surface area contributed by atoms with Crippen molar-refractivity contribution in [2.24, 2.45) is 0 Å². The monoisotopic (exact) mass is 393 g/mol. The molecule has 2 rings (SSSR count). The van der Waals surface area contributed by atoms with Crippen molar-refractivity contribution in [3.8, 4) is 0 Å². The zero-order chi connectivity index (χ0) is 16.7. The Morgan fingerprint density at radius 2 is 1.91 bits per heavy atom. The highest BCUT2D eigenvalue weighted by Crippen LogP contribution is 2.25. The lowest BCUT2D eigenvalue weighted by Crippen LogP contribution is -2.14. The molecular weight excluding hydrogens is 374 g/mol. The Morgan fingerprint density at radius 1 is 1.17 bits per heavy atom. The van der Waals surface area contributed by atoms with E-state index in [0.717, 1.165) is 15.9 Å². The highest BCUT2D eigenvalue weighted by molar-refractivity contribution is 9.10. The second-order valence-electron chi connectivity index (χ2n) is 5.30. The van der Waals surface area contributed by atoms with Crippen molar-refractivity contribution < 1.29 is 9.22 Å². The van der Waals surface area contributed by atoms with Crippen LogP contribution in [0.1, 0.15) is 11.1 Å². The van der Waals surface area contributed by atoms with Gasteiger partial charge in [-0.25, -0.2) is 4.89 Å². The number of benzene rings is 2. The van der Waals surface area contributed by atoms with E-state index < -0.39 is 0 Å². The minimum absolute atomic E-state index is 0.869. The van der Waals surface area contributed by atoms with Gasteiger partial charge in [0.05, 0.1) is 19.2 Å². The molecule has 0 heterocycles. The number of halogens is 1. The summed E-state index contributed by atoms with van der Waals surface area (Å²) in [5.41, 5.74) is 3.63. The largest absolute Gasteiger partial charge is 0.305 e. The Labute approximate surface area is 150 Å². The summed E-state index contributed by atoms with van der Waals surface area (Å²) in [7, 11) is 5.65. The Bertz CT molecular complexity index is 656. The van der Waals surface area contributed by atoms with Crippen molar-refractivity contribution in [1.29, 1.82) is 0 Å². The molecule has 0 bridgehead atoms. The fourth-order valence-corrected chi connectivity index (χ4v) is 2.97. The van der Waals surface area contributed by atoms with E-state index in [9.17, 15) is 0 Å². The van der Waals surface area contributed by atoms with Crippen LogP contribution in [-0.4, -0.2) is 32.6 Å². The Balaban J connectivity index is 2.27. The molecule has 0 radical (unpaired) electrons. The van der Waals surface area contributed by atoms with Gasteiger partial charge in [0, 0.05) is 15.9 Å². The van der Waals surface area contributed by atoms with E-state index in [4.69, 9.17) is 4.33 Å². The van der Waals surface area contributed by atoms with Crippen LogP contribution in [-0.2, 0) is 9.22 Å². The number of hydrogen-bond donors (Lipinski definition) is 0. The van der Waals surface area contributed by atoms with Gasteiger partial charge in [-0.2, -0.15) is 4.33 Å². The van der Waals surface area contributed by atoms with Gasteiger partial charge in [-0.15, -0.1) is 0 Å². The van der Waals surface area contributed by atoms with Gasteiger partial charge in [0.15, 0.2) is 0 Å². The van der Waals surface area contributed by atoms with Gasteiger partial charge in [0.2, 0.25) is 0 Å². The van der Waals surface area contributed by atoms with E-state index in [2.05, 4.69) is 70.2 Å².